The van der Waals surface area contributed by atoms with Crippen molar-refractivity contribution in [2.45, 2.75) is 58.2 Å². The van der Waals surface area contributed by atoms with Crippen molar-refractivity contribution in [2.24, 2.45) is 11.1 Å². The van der Waals surface area contributed by atoms with Crippen LogP contribution < -0.4 is 11.1 Å². The van der Waals surface area contributed by atoms with Crippen molar-refractivity contribution in [1.82, 2.24) is 5.32 Å². The summed E-state index contributed by atoms with van der Waals surface area (Å²) in [6, 6.07) is -0.186. The molecule has 0 spiro atoms. The SMILES string of the molecule is CSCCC(N)C(=O)NC1CCOC(C(C)(C)C)C1.Cl. The Bertz CT molecular complexity index is 297. The molecular weight excluding hydrogens is 296 g/mol. The van der Waals surface area contributed by atoms with Gasteiger partial charge in [0.1, 0.15) is 0 Å². The molecule has 3 unspecified atom stereocenters. The van der Waals surface area contributed by atoms with Gasteiger partial charge >= 0.3 is 0 Å². The largest absolute Gasteiger partial charge is 0.378 e. The van der Waals surface area contributed by atoms with Gasteiger partial charge in [-0.05, 0) is 36.7 Å². The lowest BCUT2D eigenvalue weighted by molar-refractivity contribution is -0.125. The number of halogens is 1. The lowest BCUT2D eigenvalue weighted by atomic mass is 9.83. The van der Waals surface area contributed by atoms with E-state index in [2.05, 4.69) is 26.1 Å². The summed E-state index contributed by atoms with van der Waals surface area (Å²) >= 11 is 1.72. The standard InChI is InChI=1S/C14H28N2O2S.ClH/c1-14(2,3)12-9-10(5-7-18-12)16-13(17)11(15)6-8-19-4;/h10-12H,5-9,15H2,1-4H3,(H,16,17);1H. The number of ether oxygens (including phenoxy) is 1. The average Bonchev–Trinajstić information content (AvgIpc) is 2.35. The molecule has 1 heterocycles. The van der Waals surface area contributed by atoms with Crippen LogP contribution in [0.2, 0.25) is 0 Å². The van der Waals surface area contributed by atoms with E-state index in [1.807, 2.05) is 6.26 Å². The van der Waals surface area contributed by atoms with Gasteiger partial charge in [-0.1, -0.05) is 20.8 Å². The van der Waals surface area contributed by atoms with E-state index in [0.29, 0.717) is 6.61 Å². The van der Waals surface area contributed by atoms with E-state index in [0.717, 1.165) is 25.0 Å². The second-order valence-corrected chi connectivity index (χ2v) is 7.33. The van der Waals surface area contributed by atoms with Crippen LogP contribution in [0.3, 0.4) is 0 Å². The van der Waals surface area contributed by atoms with E-state index in [1.54, 1.807) is 11.8 Å². The monoisotopic (exact) mass is 324 g/mol. The van der Waals surface area contributed by atoms with Crippen molar-refractivity contribution in [3.63, 3.8) is 0 Å². The van der Waals surface area contributed by atoms with Crippen LogP contribution in [0.5, 0.6) is 0 Å². The minimum Gasteiger partial charge on any atom is -0.378 e. The maximum atomic E-state index is 12.0. The van der Waals surface area contributed by atoms with Crippen molar-refractivity contribution in [3.05, 3.63) is 0 Å². The number of thioether (sulfide) groups is 1. The Morgan fingerprint density at radius 3 is 2.70 bits per heavy atom. The maximum absolute atomic E-state index is 12.0. The van der Waals surface area contributed by atoms with Gasteiger partial charge in [-0.2, -0.15) is 11.8 Å². The highest BCUT2D eigenvalue weighted by Crippen LogP contribution is 2.29. The molecule has 1 aliphatic heterocycles. The number of nitrogens with one attached hydrogen (secondary N) is 1. The molecule has 6 heteroatoms. The first-order chi connectivity index (χ1) is 8.84. The molecule has 20 heavy (non-hydrogen) atoms. The third kappa shape index (κ3) is 6.66. The van der Waals surface area contributed by atoms with Crippen molar-refractivity contribution in [2.75, 3.05) is 18.6 Å². The van der Waals surface area contributed by atoms with Crippen molar-refractivity contribution in [3.8, 4) is 0 Å². The van der Waals surface area contributed by atoms with Gasteiger partial charge in [0, 0.05) is 12.6 Å². The predicted octanol–water partition coefficient (Wildman–Crippen LogP) is 2.20. The summed E-state index contributed by atoms with van der Waals surface area (Å²) in [5.74, 6) is 0.904. The quantitative estimate of drug-likeness (QED) is 0.813. The van der Waals surface area contributed by atoms with Crippen LogP contribution in [0.4, 0.5) is 0 Å². The van der Waals surface area contributed by atoms with Crippen LogP contribution in [0.25, 0.3) is 0 Å². The van der Waals surface area contributed by atoms with Crippen molar-refractivity contribution < 1.29 is 9.53 Å². The van der Waals surface area contributed by atoms with Crippen LogP contribution >= 0.6 is 24.2 Å². The fourth-order valence-corrected chi connectivity index (χ4v) is 2.71. The first kappa shape index (κ1) is 20.0. The third-order valence-corrected chi connectivity index (χ3v) is 4.21. The highest BCUT2D eigenvalue weighted by Gasteiger charge is 2.32. The molecule has 0 aromatic rings. The predicted molar refractivity (Wildman–Crippen MR) is 88.6 cm³/mol. The van der Waals surface area contributed by atoms with Crippen LogP contribution in [-0.4, -0.2) is 42.7 Å². The molecule has 0 saturated carbocycles. The maximum Gasteiger partial charge on any atom is 0.237 e. The number of rotatable bonds is 5. The number of hydrogen-bond acceptors (Lipinski definition) is 4. The highest BCUT2D eigenvalue weighted by atomic mass is 35.5. The summed E-state index contributed by atoms with van der Waals surface area (Å²) in [6.07, 6.45) is 4.72. The average molecular weight is 325 g/mol. The summed E-state index contributed by atoms with van der Waals surface area (Å²) in [6.45, 7) is 7.23. The van der Waals surface area contributed by atoms with Crippen LogP contribution in [0, 0.1) is 5.41 Å². The Labute approximate surface area is 133 Å². The third-order valence-electron chi connectivity index (χ3n) is 3.57. The number of hydrogen-bond donors (Lipinski definition) is 2. The van der Waals surface area contributed by atoms with Crippen molar-refractivity contribution in [1.29, 1.82) is 0 Å². The molecule has 0 aromatic carbocycles. The lowest BCUT2D eigenvalue weighted by Gasteiger charge is -2.38. The van der Waals surface area contributed by atoms with Crippen LogP contribution in [-0.2, 0) is 9.53 Å². The van der Waals surface area contributed by atoms with Gasteiger partial charge in [-0.25, -0.2) is 0 Å². The summed E-state index contributed by atoms with van der Waals surface area (Å²) < 4.78 is 5.79. The molecule has 3 atom stereocenters. The second kappa shape index (κ2) is 9.13. The lowest BCUT2D eigenvalue weighted by Crippen LogP contribution is -2.50. The molecule has 1 rings (SSSR count). The fourth-order valence-electron chi connectivity index (χ4n) is 2.22. The van der Waals surface area contributed by atoms with E-state index in [9.17, 15) is 4.79 Å². The molecule has 0 aromatic heterocycles. The highest BCUT2D eigenvalue weighted by molar-refractivity contribution is 7.98. The van der Waals surface area contributed by atoms with Gasteiger partial charge in [-0.3, -0.25) is 4.79 Å². The number of amides is 1. The second-order valence-electron chi connectivity index (χ2n) is 6.34. The van der Waals surface area contributed by atoms with Gasteiger partial charge in [-0.15, -0.1) is 12.4 Å². The fraction of sp³-hybridized carbons (Fsp3) is 0.929. The molecule has 1 fully saturated rings. The van der Waals surface area contributed by atoms with E-state index in [-0.39, 0.29) is 41.9 Å². The van der Waals surface area contributed by atoms with E-state index >= 15 is 0 Å². The molecule has 3 N–H and O–H groups in total. The normalized spacial score (nSPS) is 24.6. The van der Waals surface area contributed by atoms with E-state index < -0.39 is 0 Å². The van der Waals surface area contributed by atoms with Gasteiger partial charge in [0.2, 0.25) is 5.91 Å². The van der Waals surface area contributed by atoms with Gasteiger partial charge in [0.05, 0.1) is 12.1 Å². The van der Waals surface area contributed by atoms with Gasteiger partial charge < -0.3 is 15.8 Å². The minimum atomic E-state index is -0.386. The molecule has 1 amide bonds. The van der Waals surface area contributed by atoms with Crippen molar-refractivity contribution >= 4 is 30.1 Å². The molecule has 1 saturated heterocycles. The Morgan fingerprint density at radius 2 is 2.15 bits per heavy atom. The Balaban J connectivity index is 0.00000361. The Hall–Kier alpha value is 0.0300. The topological polar surface area (TPSA) is 64.4 Å². The van der Waals surface area contributed by atoms with Crippen LogP contribution in [0.15, 0.2) is 0 Å². The molecule has 120 valence electrons. The number of nitrogens with two attached hydrogens (primary N) is 1. The zero-order valence-electron chi connectivity index (χ0n) is 13.0. The first-order valence-electron chi connectivity index (χ1n) is 7.01. The number of carbonyl (C=O) groups excluding carboxylic acids is 1. The zero-order valence-corrected chi connectivity index (χ0v) is 14.6. The molecule has 0 radical (unpaired) electrons. The number of carbonyl (C=O) groups is 1. The van der Waals surface area contributed by atoms with Gasteiger partial charge in [0.15, 0.2) is 0 Å². The molecule has 4 nitrogen and oxygen atoms in total. The summed E-state index contributed by atoms with van der Waals surface area (Å²) in [5.41, 5.74) is 6.00. The smallest absolute Gasteiger partial charge is 0.237 e. The summed E-state index contributed by atoms with van der Waals surface area (Å²) in [7, 11) is 0. The van der Waals surface area contributed by atoms with E-state index in [1.165, 1.54) is 0 Å². The van der Waals surface area contributed by atoms with Crippen LogP contribution in [0.1, 0.15) is 40.0 Å². The van der Waals surface area contributed by atoms with Gasteiger partial charge in [0.25, 0.3) is 0 Å². The Morgan fingerprint density at radius 1 is 1.50 bits per heavy atom. The zero-order chi connectivity index (χ0) is 14.5. The molecule has 0 aliphatic carbocycles. The molecule has 0 bridgehead atoms. The summed E-state index contributed by atoms with van der Waals surface area (Å²) in [4.78, 5) is 12.0. The van der Waals surface area contributed by atoms with E-state index in [4.69, 9.17) is 10.5 Å². The molecular formula is C14H29ClN2O2S. The first-order valence-corrected chi connectivity index (χ1v) is 8.40. The summed E-state index contributed by atoms with van der Waals surface area (Å²) in [5, 5.41) is 3.08. The molecule has 1 aliphatic rings. The minimum absolute atomic E-state index is 0. The Kier molecular flexibility index (Phi) is 9.14.